The number of likely N-dealkylation sites (N-methyl/N-ethyl adjacent to an activating group) is 1. The number of carbonyl (C=O) groups excluding carboxylic acids is 1. The van der Waals surface area contributed by atoms with E-state index in [1.165, 1.54) is 24.0 Å². The summed E-state index contributed by atoms with van der Waals surface area (Å²) in [6.07, 6.45) is 4.22. The maximum atomic E-state index is 11.6. The summed E-state index contributed by atoms with van der Waals surface area (Å²) in [4.78, 5) is 13.4. The van der Waals surface area contributed by atoms with Crippen molar-refractivity contribution in [3.8, 4) is 0 Å². The first-order chi connectivity index (χ1) is 8.24. The van der Waals surface area contributed by atoms with Gasteiger partial charge in [0.05, 0.1) is 6.42 Å². The first-order valence-electron chi connectivity index (χ1n) is 6.36. The predicted molar refractivity (Wildman–Crippen MR) is 68.3 cm³/mol. The molecule has 90 valence electrons. The van der Waals surface area contributed by atoms with Crippen LogP contribution in [0, 0.1) is 0 Å². The van der Waals surface area contributed by atoms with Crippen molar-refractivity contribution >= 4 is 11.6 Å². The maximum absolute atomic E-state index is 11.6. The largest absolute Gasteiger partial charge is 0.315 e. The Morgan fingerprint density at radius 1 is 1.47 bits per heavy atom. The van der Waals surface area contributed by atoms with E-state index < -0.39 is 0 Å². The molecule has 1 saturated heterocycles. The lowest BCUT2D eigenvalue weighted by molar-refractivity contribution is -0.117. The molecule has 1 N–H and O–H groups in total. The van der Waals surface area contributed by atoms with Gasteiger partial charge in [0.15, 0.2) is 0 Å². The first-order valence-corrected chi connectivity index (χ1v) is 6.36. The summed E-state index contributed by atoms with van der Waals surface area (Å²) in [7, 11) is 1.85. The summed E-state index contributed by atoms with van der Waals surface area (Å²) in [6, 6.07) is 7.08. The van der Waals surface area contributed by atoms with Gasteiger partial charge in [-0.2, -0.15) is 0 Å². The van der Waals surface area contributed by atoms with Crippen molar-refractivity contribution in [2.45, 2.75) is 31.7 Å². The summed E-state index contributed by atoms with van der Waals surface area (Å²) in [5.74, 6) is 0.205. The highest BCUT2D eigenvalue weighted by Crippen LogP contribution is 2.29. The van der Waals surface area contributed by atoms with Crippen LogP contribution in [0.25, 0.3) is 0 Å². The molecule has 2 aliphatic heterocycles. The minimum absolute atomic E-state index is 0.205. The Morgan fingerprint density at radius 2 is 2.35 bits per heavy atom. The molecule has 1 fully saturated rings. The number of nitrogens with zero attached hydrogens (tertiary/aromatic N) is 1. The molecule has 17 heavy (non-hydrogen) atoms. The third kappa shape index (κ3) is 1.95. The highest BCUT2D eigenvalue weighted by Gasteiger charge is 2.24. The summed E-state index contributed by atoms with van der Waals surface area (Å²) in [5.41, 5.74) is 3.62. The van der Waals surface area contributed by atoms with Crippen LogP contribution in [0.15, 0.2) is 18.2 Å². The average Bonchev–Trinajstić information content (AvgIpc) is 2.89. The fraction of sp³-hybridized carbons (Fsp3) is 0.500. The SMILES string of the molecule is CN1C(=O)Cc2cc(CC3CCCN3)ccc21. The number of hydrogen-bond donors (Lipinski definition) is 1. The third-order valence-electron chi connectivity index (χ3n) is 3.87. The Kier molecular flexibility index (Phi) is 2.63. The van der Waals surface area contributed by atoms with Gasteiger partial charge in [0, 0.05) is 18.8 Å². The van der Waals surface area contributed by atoms with Gasteiger partial charge in [0.2, 0.25) is 5.91 Å². The van der Waals surface area contributed by atoms with Crippen molar-refractivity contribution in [3.63, 3.8) is 0 Å². The number of benzene rings is 1. The van der Waals surface area contributed by atoms with Gasteiger partial charge in [0.25, 0.3) is 0 Å². The van der Waals surface area contributed by atoms with E-state index in [9.17, 15) is 4.79 Å². The second-order valence-corrected chi connectivity index (χ2v) is 5.09. The van der Waals surface area contributed by atoms with E-state index in [0.29, 0.717) is 12.5 Å². The van der Waals surface area contributed by atoms with Crippen LogP contribution in [0.5, 0.6) is 0 Å². The monoisotopic (exact) mass is 230 g/mol. The molecule has 3 nitrogen and oxygen atoms in total. The zero-order valence-electron chi connectivity index (χ0n) is 10.2. The summed E-state index contributed by atoms with van der Waals surface area (Å²) < 4.78 is 0. The van der Waals surface area contributed by atoms with Crippen molar-refractivity contribution in [1.82, 2.24) is 5.32 Å². The molecule has 0 spiro atoms. The van der Waals surface area contributed by atoms with Crippen molar-refractivity contribution in [2.24, 2.45) is 0 Å². The van der Waals surface area contributed by atoms with Crippen LogP contribution in [-0.2, 0) is 17.6 Å². The van der Waals surface area contributed by atoms with Crippen molar-refractivity contribution < 1.29 is 4.79 Å². The number of hydrogen-bond acceptors (Lipinski definition) is 2. The van der Waals surface area contributed by atoms with E-state index >= 15 is 0 Å². The molecule has 0 bridgehead atoms. The van der Waals surface area contributed by atoms with Gasteiger partial charge in [-0.25, -0.2) is 0 Å². The molecule has 3 rings (SSSR count). The van der Waals surface area contributed by atoms with E-state index in [-0.39, 0.29) is 5.91 Å². The van der Waals surface area contributed by atoms with E-state index in [4.69, 9.17) is 0 Å². The van der Waals surface area contributed by atoms with Crippen LogP contribution in [0.4, 0.5) is 5.69 Å². The van der Waals surface area contributed by atoms with E-state index in [1.54, 1.807) is 4.90 Å². The Morgan fingerprint density at radius 3 is 3.12 bits per heavy atom. The highest BCUT2D eigenvalue weighted by molar-refractivity contribution is 6.00. The van der Waals surface area contributed by atoms with E-state index in [0.717, 1.165) is 18.7 Å². The van der Waals surface area contributed by atoms with Crippen molar-refractivity contribution in [3.05, 3.63) is 29.3 Å². The number of rotatable bonds is 2. The Hall–Kier alpha value is -1.35. The van der Waals surface area contributed by atoms with Crippen LogP contribution in [-0.4, -0.2) is 25.5 Å². The molecule has 3 heteroatoms. The van der Waals surface area contributed by atoms with Gasteiger partial charge in [0.1, 0.15) is 0 Å². The Labute approximate surface area is 102 Å². The van der Waals surface area contributed by atoms with Crippen molar-refractivity contribution in [2.75, 3.05) is 18.5 Å². The fourth-order valence-electron chi connectivity index (χ4n) is 2.87. The lowest BCUT2D eigenvalue weighted by Gasteiger charge is -2.13. The van der Waals surface area contributed by atoms with Gasteiger partial charge in [-0.1, -0.05) is 12.1 Å². The molecular weight excluding hydrogens is 212 g/mol. The number of fused-ring (bicyclic) bond motifs is 1. The molecular formula is C14H18N2O. The van der Waals surface area contributed by atoms with Gasteiger partial charge >= 0.3 is 0 Å². The number of amides is 1. The topological polar surface area (TPSA) is 32.3 Å². The van der Waals surface area contributed by atoms with Crippen LogP contribution in [0.2, 0.25) is 0 Å². The zero-order valence-corrected chi connectivity index (χ0v) is 10.2. The lowest BCUT2D eigenvalue weighted by Crippen LogP contribution is -2.23. The number of nitrogens with one attached hydrogen (secondary N) is 1. The lowest BCUT2D eigenvalue weighted by atomic mass is 10.0. The zero-order chi connectivity index (χ0) is 11.8. The molecule has 1 amide bonds. The summed E-state index contributed by atoms with van der Waals surface area (Å²) in [5, 5.41) is 3.51. The van der Waals surface area contributed by atoms with Gasteiger partial charge in [-0.05, 0) is 43.0 Å². The highest BCUT2D eigenvalue weighted by atomic mass is 16.2. The smallest absolute Gasteiger partial charge is 0.231 e. The Bertz CT molecular complexity index is 450. The molecule has 1 atom stereocenters. The Balaban J connectivity index is 1.80. The molecule has 0 saturated carbocycles. The summed E-state index contributed by atoms with van der Waals surface area (Å²) >= 11 is 0. The normalized spacial score (nSPS) is 23.2. The maximum Gasteiger partial charge on any atom is 0.231 e. The number of carbonyl (C=O) groups is 1. The quantitative estimate of drug-likeness (QED) is 0.835. The minimum Gasteiger partial charge on any atom is -0.315 e. The molecule has 0 radical (unpaired) electrons. The first kappa shape index (κ1) is 10.8. The van der Waals surface area contributed by atoms with Gasteiger partial charge in [-0.3, -0.25) is 4.79 Å². The van der Waals surface area contributed by atoms with E-state index in [2.05, 4.69) is 23.5 Å². The van der Waals surface area contributed by atoms with Gasteiger partial charge in [-0.15, -0.1) is 0 Å². The van der Waals surface area contributed by atoms with Crippen LogP contribution >= 0.6 is 0 Å². The summed E-state index contributed by atoms with van der Waals surface area (Å²) in [6.45, 7) is 1.15. The van der Waals surface area contributed by atoms with Crippen LogP contribution < -0.4 is 10.2 Å². The fourth-order valence-corrected chi connectivity index (χ4v) is 2.87. The molecule has 0 aliphatic carbocycles. The molecule has 0 aromatic heterocycles. The molecule has 1 aromatic rings. The van der Waals surface area contributed by atoms with Crippen LogP contribution in [0.3, 0.4) is 0 Å². The third-order valence-corrected chi connectivity index (χ3v) is 3.87. The van der Waals surface area contributed by atoms with Crippen molar-refractivity contribution in [1.29, 1.82) is 0 Å². The number of anilines is 1. The molecule has 2 heterocycles. The second-order valence-electron chi connectivity index (χ2n) is 5.09. The second kappa shape index (κ2) is 4.15. The standard InChI is InChI=1S/C14H18N2O/c1-16-13-5-4-10(7-11(13)9-14(16)17)8-12-3-2-6-15-12/h4-5,7,12,15H,2-3,6,8-9H2,1H3. The molecule has 1 unspecified atom stereocenters. The molecule has 2 aliphatic rings. The minimum atomic E-state index is 0.205. The van der Waals surface area contributed by atoms with Crippen LogP contribution in [0.1, 0.15) is 24.0 Å². The average molecular weight is 230 g/mol. The van der Waals surface area contributed by atoms with E-state index in [1.807, 2.05) is 7.05 Å². The predicted octanol–water partition coefficient (Wildman–Crippen LogP) is 1.50. The molecule has 1 aromatic carbocycles. The van der Waals surface area contributed by atoms with Gasteiger partial charge < -0.3 is 10.2 Å².